The normalized spacial score (nSPS) is 14.3. The van der Waals surface area contributed by atoms with Crippen LogP contribution in [0.3, 0.4) is 0 Å². The lowest BCUT2D eigenvalue weighted by atomic mass is 9.97. The SMILES string of the molecule is Cl.Cn1cc2cc(NC(=O)c3cccc(-c4cn[nH]c4)n3)c(N3CCC(CO)CC3)cc2n1. The highest BCUT2D eigenvalue weighted by atomic mass is 35.5. The van der Waals surface area contributed by atoms with Crippen LogP contribution in [0.4, 0.5) is 11.4 Å². The number of hydrogen-bond acceptors (Lipinski definition) is 6. The zero-order valence-corrected chi connectivity index (χ0v) is 19.0. The maximum Gasteiger partial charge on any atom is 0.274 e. The highest BCUT2D eigenvalue weighted by molar-refractivity contribution is 6.06. The van der Waals surface area contributed by atoms with Crippen molar-refractivity contribution in [3.8, 4) is 11.3 Å². The van der Waals surface area contributed by atoms with Crippen molar-refractivity contribution in [2.24, 2.45) is 13.0 Å². The molecular weight excluding hydrogens is 442 g/mol. The summed E-state index contributed by atoms with van der Waals surface area (Å²) in [5.74, 6) is 0.0582. The van der Waals surface area contributed by atoms with Crippen LogP contribution in [0.2, 0.25) is 0 Å². The van der Waals surface area contributed by atoms with Gasteiger partial charge in [0.15, 0.2) is 0 Å². The molecular formula is C23H26ClN7O2. The Morgan fingerprint density at radius 1 is 1.27 bits per heavy atom. The number of nitrogens with one attached hydrogen (secondary N) is 2. The van der Waals surface area contributed by atoms with E-state index in [1.807, 2.05) is 37.5 Å². The second-order valence-corrected chi connectivity index (χ2v) is 8.19. The molecule has 9 nitrogen and oxygen atoms in total. The third-order valence-electron chi connectivity index (χ3n) is 5.97. The van der Waals surface area contributed by atoms with Crippen molar-refractivity contribution in [3.05, 3.63) is 54.6 Å². The fourth-order valence-corrected chi connectivity index (χ4v) is 4.20. The molecule has 0 atom stereocenters. The molecule has 1 fully saturated rings. The first-order valence-corrected chi connectivity index (χ1v) is 10.7. The standard InChI is InChI=1S/C23H25N7O2.ClH/c1-29-13-16-9-21(22(10-20(16)28-29)30-7-5-15(14-31)6-8-30)27-23(32)19-4-2-3-18(26-19)17-11-24-25-12-17;/h2-4,9-13,15,31H,5-8,14H2,1H3,(H,24,25)(H,27,32);1H. The van der Waals surface area contributed by atoms with Crippen molar-refractivity contribution in [2.45, 2.75) is 12.8 Å². The molecule has 0 radical (unpaired) electrons. The first kappa shape index (κ1) is 22.8. The molecule has 33 heavy (non-hydrogen) atoms. The number of aromatic nitrogens is 5. The number of pyridine rings is 1. The molecule has 4 aromatic rings. The molecule has 0 unspecified atom stereocenters. The van der Waals surface area contributed by atoms with Gasteiger partial charge in [0.2, 0.25) is 0 Å². The molecule has 10 heteroatoms. The summed E-state index contributed by atoms with van der Waals surface area (Å²) in [6, 6.07) is 9.36. The smallest absolute Gasteiger partial charge is 0.274 e. The second kappa shape index (κ2) is 9.60. The number of aliphatic hydroxyl groups is 1. The van der Waals surface area contributed by atoms with E-state index in [1.165, 1.54) is 0 Å². The Labute approximate surface area is 197 Å². The summed E-state index contributed by atoms with van der Waals surface area (Å²) in [4.78, 5) is 19.9. The van der Waals surface area contributed by atoms with Crippen molar-refractivity contribution in [2.75, 3.05) is 29.9 Å². The van der Waals surface area contributed by atoms with Crippen molar-refractivity contribution in [3.63, 3.8) is 0 Å². The molecule has 0 bridgehead atoms. The average Bonchev–Trinajstić information content (AvgIpc) is 3.48. The summed E-state index contributed by atoms with van der Waals surface area (Å²) in [5.41, 5.74) is 4.38. The lowest BCUT2D eigenvalue weighted by Crippen LogP contribution is -2.35. The van der Waals surface area contributed by atoms with Gasteiger partial charge in [-0.15, -0.1) is 12.4 Å². The molecule has 1 amide bonds. The number of hydrogen-bond donors (Lipinski definition) is 3. The Balaban J connectivity index is 0.00000259. The Morgan fingerprint density at radius 3 is 2.82 bits per heavy atom. The van der Waals surface area contributed by atoms with Gasteiger partial charge in [-0.2, -0.15) is 10.2 Å². The van der Waals surface area contributed by atoms with Crippen LogP contribution in [-0.4, -0.2) is 55.7 Å². The van der Waals surface area contributed by atoms with E-state index in [0.29, 0.717) is 17.3 Å². The molecule has 0 aliphatic carbocycles. The van der Waals surface area contributed by atoms with E-state index in [4.69, 9.17) is 0 Å². The number of carbonyl (C=O) groups excluding carboxylic acids is 1. The summed E-state index contributed by atoms with van der Waals surface area (Å²) in [7, 11) is 1.88. The topological polar surface area (TPSA) is 112 Å². The number of aromatic amines is 1. The van der Waals surface area contributed by atoms with E-state index in [9.17, 15) is 9.90 Å². The molecule has 1 aliphatic rings. The lowest BCUT2D eigenvalue weighted by molar-refractivity contribution is 0.102. The summed E-state index contributed by atoms with van der Waals surface area (Å²) in [6.07, 6.45) is 7.18. The Kier molecular flexibility index (Phi) is 6.62. The minimum atomic E-state index is -0.273. The van der Waals surface area contributed by atoms with Crippen LogP contribution in [0.5, 0.6) is 0 Å². The van der Waals surface area contributed by atoms with Crippen LogP contribution in [0.1, 0.15) is 23.3 Å². The van der Waals surface area contributed by atoms with Gasteiger partial charge in [-0.25, -0.2) is 4.98 Å². The highest BCUT2D eigenvalue weighted by Crippen LogP contribution is 2.34. The zero-order valence-electron chi connectivity index (χ0n) is 18.2. The van der Waals surface area contributed by atoms with Gasteiger partial charge in [0.25, 0.3) is 5.91 Å². The van der Waals surface area contributed by atoms with Crippen LogP contribution in [-0.2, 0) is 7.05 Å². The predicted octanol–water partition coefficient (Wildman–Crippen LogP) is 3.24. The largest absolute Gasteiger partial charge is 0.396 e. The van der Waals surface area contributed by atoms with Gasteiger partial charge >= 0.3 is 0 Å². The number of anilines is 2. The van der Waals surface area contributed by atoms with E-state index in [0.717, 1.165) is 53.8 Å². The monoisotopic (exact) mass is 467 g/mol. The predicted molar refractivity (Wildman–Crippen MR) is 130 cm³/mol. The van der Waals surface area contributed by atoms with Crippen LogP contribution in [0.15, 0.2) is 48.9 Å². The van der Waals surface area contributed by atoms with E-state index in [-0.39, 0.29) is 24.9 Å². The molecule has 3 aromatic heterocycles. The van der Waals surface area contributed by atoms with Crippen LogP contribution >= 0.6 is 12.4 Å². The summed E-state index contributed by atoms with van der Waals surface area (Å²) in [6.45, 7) is 1.86. The fourth-order valence-electron chi connectivity index (χ4n) is 4.20. The average molecular weight is 468 g/mol. The lowest BCUT2D eigenvalue weighted by Gasteiger charge is -2.34. The molecule has 4 heterocycles. The van der Waals surface area contributed by atoms with Crippen LogP contribution in [0.25, 0.3) is 22.2 Å². The highest BCUT2D eigenvalue weighted by Gasteiger charge is 2.23. The Hall–Kier alpha value is -3.43. The quantitative estimate of drug-likeness (QED) is 0.415. The van der Waals surface area contributed by atoms with Gasteiger partial charge < -0.3 is 15.3 Å². The molecule has 1 aromatic carbocycles. The number of nitrogens with zero attached hydrogens (tertiary/aromatic N) is 5. The van der Waals surface area contributed by atoms with Crippen LogP contribution < -0.4 is 10.2 Å². The molecule has 1 saturated heterocycles. The van der Waals surface area contributed by atoms with E-state index < -0.39 is 0 Å². The Morgan fingerprint density at radius 2 is 2.09 bits per heavy atom. The van der Waals surface area contributed by atoms with Crippen molar-refractivity contribution in [1.82, 2.24) is 25.0 Å². The van der Waals surface area contributed by atoms with Gasteiger partial charge in [0, 0.05) is 50.1 Å². The minimum absolute atomic E-state index is 0. The third kappa shape index (κ3) is 4.69. The molecule has 5 rings (SSSR count). The number of carbonyl (C=O) groups is 1. The Bertz CT molecular complexity index is 1250. The molecule has 172 valence electrons. The maximum atomic E-state index is 13.1. The number of benzene rings is 1. The molecule has 1 aliphatic heterocycles. The third-order valence-corrected chi connectivity index (χ3v) is 5.97. The first-order valence-electron chi connectivity index (χ1n) is 10.7. The minimum Gasteiger partial charge on any atom is -0.396 e. The van der Waals surface area contributed by atoms with E-state index in [1.54, 1.807) is 23.1 Å². The molecule has 0 saturated carbocycles. The number of amides is 1. The first-order chi connectivity index (χ1) is 15.6. The van der Waals surface area contributed by atoms with E-state index >= 15 is 0 Å². The maximum absolute atomic E-state index is 13.1. The summed E-state index contributed by atoms with van der Waals surface area (Å²) < 4.78 is 1.77. The van der Waals surface area contributed by atoms with Gasteiger partial charge in [-0.05, 0) is 43.0 Å². The van der Waals surface area contributed by atoms with Crippen LogP contribution in [0, 0.1) is 5.92 Å². The second-order valence-electron chi connectivity index (χ2n) is 8.19. The van der Waals surface area contributed by atoms with Crippen molar-refractivity contribution in [1.29, 1.82) is 0 Å². The van der Waals surface area contributed by atoms with Gasteiger partial charge in [-0.3, -0.25) is 14.6 Å². The van der Waals surface area contributed by atoms with Crippen molar-refractivity contribution < 1.29 is 9.90 Å². The fraction of sp³-hybridized carbons (Fsp3) is 0.304. The van der Waals surface area contributed by atoms with Gasteiger partial charge in [0.1, 0.15) is 5.69 Å². The zero-order chi connectivity index (χ0) is 22.1. The number of piperidine rings is 1. The number of aryl methyl sites for hydroxylation is 1. The number of halogens is 1. The molecule has 3 N–H and O–H groups in total. The van der Waals surface area contributed by atoms with Crippen molar-refractivity contribution >= 4 is 40.6 Å². The number of fused-ring (bicyclic) bond motifs is 1. The summed E-state index contributed by atoms with van der Waals surface area (Å²) >= 11 is 0. The number of H-pyrrole nitrogens is 1. The van der Waals surface area contributed by atoms with Gasteiger partial charge in [-0.1, -0.05) is 6.07 Å². The van der Waals surface area contributed by atoms with E-state index in [2.05, 4.69) is 30.5 Å². The molecule has 0 spiro atoms. The summed E-state index contributed by atoms with van der Waals surface area (Å²) in [5, 5.41) is 24.8. The number of rotatable bonds is 5. The number of aliphatic hydroxyl groups excluding tert-OH is 1. The van der Waals surface area contributed by atoms with Gasteiger partial charge in [0.05, 0.1) is 28.8 Å².